The molecule has 1 saturated carbocycles. The van der Waals surface area contributed by atoms with Crippen LogP contribution in [0.3, 0.4) is 0 Å². The van der Waals surface area contributed by atoms with Crippen LogP contribution in [-0.4, -0.2) is 74.6 Å². The van der Waals surface area contributed by atoms with Crippen molar-refractivity contribution in [2.45, 2.75) is 31.8 Å². The molecule has 136 valence electrons. The number of aldehydes is 1. The fourth-order valence-electron chi connectivity index (χ4n) is 4.16. The second-order valence-corrected chi connectivity index (χ2v) is 7.51. The summed E-state index contributed by atoms with van der Waals surface area (Å²) in [7, 11) is 0. The molecule has 1 aromatic rings. The van der Waals surface area contributed by atoms with Crippen molar-refractivity contribution in [3.8, 4) is 0 Å². The van der Waals surface area contributed by atoms with E-state index in [0.29, 0.717) is 0 Å². The van der Waals surface area contributed by atoms with Gasteiger partial charge in [0.15, 0.2) is 6.29 Å². The molecule has 0 aromatic heterocycles. The summed E-state index contributed by atoms with van der Waals surface area (Å²) in [5.41, 5.74) is 3.24. The van der Waals surface area contributed by atoms with Crippen LogP contribution in [0.15, 0.2) is 18.2 Å². The largest absolute Gasteiger partial charge is 0.379 e. The molecule has 0 unspecified atom stereocenters. The lowest BCUT2D eigenvalue weighted by Crippen LogP contribution is -2.52. The topological polar surface area (TPSA) is 36.0 Å². The first-order chi connectivity index (χ1) is 12.3. The first-order valence-corrected chi connectivity index (χ1v) is 9.71. The maximum Gasteiger partial charge on any atom is 0.152 e. The van der Waals surface area contributed by atoms with Gasteiger partial charge < -0.3 is 9.64 Å². The molecule has 0 bridgehead atoms. The highest BCUT2D eigenvalue weighted by Crippen LogP contribution is 2.28. The fourth-order valence-corrected chi connectivity index (χ4v) is 4.16. The Balaban J connectivity index is 1.43. The fraction of sp³-hybridized carbons (Fsp3) is 0.650. The van der Waals surface area contributed by atoms with Crippen molar-refractivity contribution in [3.63, 3.8) is 0 Å². The first kappa shape index (κ1) is 17.0. The molecule has 0 N–H and O–H groups in total. The van der Waals surface area contributed by atoms with Crippen molar-refractivity contribution in [3.05, 3.63) is 29.3 Å². The molecule has 4 rings (SSSR count). The van der Waals surface area contributed by atoms with Crippen molar-refractivity contribution < 1.29 is 9.53 Å². The Morgan fingerprint density at radius 3 is 2.44 bits per heavy atom. The Labute approximate surface area is 150 Å². The molecular weight excluding hydrogens is 314 g/mol. The number of morpholine rings is 1. The first-order valence-electron chi connectivity index (χ1n) is 9.71. The molecule has 0 radical (unpaired) electrons. The quantitative estimate of drug-likeness (QED) is 0.765. The van der Waals surface area contributed by atoms with Crippen LogP contribution in [0, 0.1) is 0 Å². The summed E-state index contributed by atoms with van der Waals surface area (Å²) in [4.78, 5) is 19.0. The highest BCUT2D eigenvalue weighted by Gasteiger charge is 2.28. The summed E-state index contributed by atoms with van der Waals surface area (Å²) < 4.78 is 5.44. The molecule has 5 heteroatoms. The summed E-state index contributed by atoms with van der Waals surface area (Å²) in [6, 6.07) is 7.16. The van der Waals surface area contributed by atoms with Gasteiger partial charge in [-0.3, -0.25) is 14.6 Å². The average molecular weight is 343 g/mol. The maximum absolute atomic E-state index is 11.5. The lowest BCUT2D eigenvalue weighted by Gasteiger charge is -2.43. The Kier molecular flexibility index (Phi) is 5.34. The average Bonchev–Trinajstić information content (AvgIpc) is 2.62. The Morgan fingerprint density at radius 1 is 1.04 bits per heavy atom. The number of carbonyl (C=O) groups is 1. The minimum Gasteiger partial charge on any atom is -0.379 e. The van der Waals surface area contributed by atoms with Crippen LogP contribution in [0.4, 0.5) is 5.69 Å². The number of carbonyl (C=O) groups excluding carboxylic acids is 1. The third-order valence-corrected chi connectivity index (χ3v) is 5.98. The van der Waals surface area contributed by atoms with Crippen LogP contribution >= 0.6 is 0 Å². The molecule has 0 atom stereocenters. The third-order valence-electron chi connectivity index (χ3n) is 5.98. The standard InChI is InChI=1S/C20H29N3O2/c24-16-18-5-4-17(15-21-10-12-25-13-11-21)14-20(18)23-8-6-22(7-9-23)19-2-1-3-19/h4-5,14,16,19H,1-3,6-13,15H2. The molecule has 1 aliphatic carbocycles. The van der Waals surface area contributed by atoms with E-state index in [1.165, 1.54) is 24.8 Å². The molecule has 25 heavy (non-hydrogen) atoms. The number of benzene rings is 1. The van der Waals surface area contributed by atoms with E-state index in [2.05, 4.69) is 26.8 Å². The van der Waals surface area contributed by atoms with Gasteiger partial charge in [-0.15, -0.1) is 0 Å². The molecular formula is C20H29N3O2. The lowest BCUT2D eigenvalue weighted by molar-refractivity contribution is 0.0342. The number of hydrogen-bond acceptors (Lipinski definition) is 5. The second kappa shape index (κ2) is 7.85. The van der Waals surface area contributed by atoms with Gasteiger partial charge in [-0.1, -0.05) is 12.5 Å². The van der Waals surface area contributed by atoms with Crippen LogP contribution < -0.4 is 4.90 Å². The van der Waals surface area contributed by atoms with E-state index in [-0.39, 0.29) is 0 Å². The highest BCUT2D eigenvalue weighted by atomic mass is 16.5. The molecule has 0 amide bonds. The van der Waals surface area contributed by atoms with Gasteiger partial charge in [0, 0.05) is 63.1 Å². The number of piperazine rings is 1. The number of rotatable bonds is 5. The minimum atomic E-state index is 0.820. The summed E-state index contributed by atoms with van der Waals surface area (Å²) in [6.07, 6.45) is 5.14. The molecule has 3 aliphatic rings. The summed E-state index contributed by atoms with van der Waals surface area (Å²) in [5.74, 6) is 0. The van der Waals surface area contributed by atoms with Crippen molar-refractivity contribution >= 4 is 12.0 Å². The highest BCUT2D eigenvalue weighted by molar-refractivity contribution is 5.85. The number of ether oxygens (including phenoxy) is 1. The predicted octanol–water partition coefficient (Wildman–Crippen LogP) is 2.01. The van der Waals surface area contributed by atoms with E-state index < -0.39 is 0 Å². The molecule has 5 nitrogen and oxygen atoms in total. The van der Waals surface area contributed by atoms with Crippen LogP contribution in [0.1, 0.15) is 35.2 Å². The summed E-state index contributed by atoms with van der Waals surface area (Å²) >= 11 is 0. The molecule has 3 fully saturated rings. The van der Waals surface area contributed by atoms with Gasteiger partial charge >= 0.3 is 0 Å². The van der Waals surface area contributed by atoms with Gasteiger partial charge in [0.25, 0.3) is 0 Å². The van der Waals surface area contributed by atoms with Gasteiger partial charge in [-0.2, -0.15) is 0 Å². The van der Waals surface area contributed by atoms with Gasteiger partial charge in [-0.05, 0) is 30.5 Å². The summed E-state index contributed by atoms with van der Waals surface area (Å²) in [6.45, 7) is 8.86. The number of hydrogen-bond donors (Lipinski definition) is 0. The van der Waals surface area contributed by atoms with Gasteiger partial charge in [0.1, 0.15) is 0 Å². The van der Waals surface area contributed by atoms with E-state index in [1.54, 1.807) is 0 Å². The molecule has 2 heterocycles. The Bertz CT molecular complexity index is 589. The molecule has 0 spiro atoms. The molecule has 1 aromatic carbocycles. The van der Waals surface area contributed by atoms with Gasteiger partial charge in [-0.25, -0.2) is 0 Å². The molecule has 2 saturated heterocycles. The summed E-state index contributed by atoms with van der Waals surface area (Å²) in [5, 5.41) is 0. The van der Waals surface area contributed by atoms with Gasteiger partial charge in [0.2, 0.25) is 0 Å². The van der Waals surface area contributed by atoms with E-state index in [0.717, 1.165) is 82.6 Å². The number of anilines is 1. The van der Waals surface area contributed by atoms with Crippen LogP contribution in [0.2, 0.25) is 0 Å². The zero-order chi connectivity index (χ0) is 17.1. The van der Waals surface area contributed by atoms with Crippen molar-refractivity contribution in [1.82, 2.24) is 9.80 Å². The van der Waals surface area contributed by atoms with Crippen LogP contribution in [-0.2, 0) is 11.3 Å². The van der Waals surface area contributed by atoms with Gasteiger partial charge in [0.05, 0.1) is 13.2 Å². The second-order valence-electron chi connectivity index (χ2n) is 7.51. The van der Waals surface area contributed by atoms with Crippen molar-refractivity contribution in [2.75, 3.05) is 57.4 Å². The van der Waals surface area contributed by atoms with Crippen molar-refractivity contribution in [2.24, 2.45) is 0 Å². The van der Waals surface area contributed by atoms with Crippen LogP contribution in [0.25, 0.3) is 0 Å². The van der Waals surface area contributed by atoms with E-state index >= 15 is 0 Å². The predicted molar refractivity (Wildman–Crippen MR) is 99.4 cm³/mol. The zero-order valence-corrected chi connectivity index (χ0v) is 15.0. The third kappa shape index (κ3) is 3.89. The smallest absolute Gasteiger partial charge is 0.152 e. The minimum absolute atomic E-state index is 0.820. The lowest BCUT2D eigenvalue weighted by atomic mass is 9.91. The van der Waals surface area contributed by atoms with Crippen molar-refractivity contribution in [1.29, 1.82) is 0 Å². The Morgan fingerprint density at radius 2 is 1.80 bits per heavy atom. The van der Waals surface area contributed by atoms with Crippen LogP contribution in [0.5, 0.6) is 0 Å². The van der Waals surface area contributed by atoms with E-state index in [4.69, 9.17) is 4.74 Å². The monoisotopic (exact) mass is 343 g/mol. The Hall–Kier alpha value is -1.43. The zero-order valence-electron chi connectivity index (χ0n) is 15.0. The van der Waals surface area contributed by atoms with E-state index in [9.17, 15) is 4.79 Å². The normalized spacial score (nSPS) is 23.4. The SMILES string of the molecule is O=Cc1ccc(CN2CCOCC2)cc1N1CCN(C2CCC2)CC1. The number of nitrogens with zero attached hydrogens (tertiary/aromatic N) is 3. The van der Waals surface area contributed by atoms with E-state index in [1.807, 2.05) is 6.07 Å². The molecule has 2 aliphatic heterocycles. The maximum atomic E-state index is 11.5.